The summed E-state index contributed by atoms with van der Waals surface area (Å²) in [6, 6.07) is 12.4. The van der Waals surface area contributed by atoms with Crippen LogP contribution < -0.4 is 20.1 Å². The number of carbonyl (C=O) groups is 3. The largest absolute Gasteiger partial charge is 0.490 e. The molecule has 0 bridgehead atoms. The Morgan fingerprint density at radius 2 is 1.81 bits per heavy atom. The fraction of sp³-hybridized carbons (Fsp3) is 0.318. The first-order valence-electron chi connectivity index (χ1n) is 9.91. The van der Waals surface area contributed by atoms with Crippen molar-refractivity contribution in [1.29, 1.82) is 0 Å². The number of carbonyl (C=O) groups excluding carboxylic acids is 3. The molecule has 1 aliphatic heterocycles. The van der Waals surface area contributed by atoms with Crippen molar-refractivity contribution in [2.75, 3.05) is 30.5 Å². The molecule has 0 radical (unpaired) electrons. The normalized spacial score (nSPS) is 14.8. The van der Waals surface area contributed by atoms with Crippen LogP contribution in [0, 0.1) is 0 Å². The number of hydrogen-bond donors (Lipinski definition) is 2. The third-order valence-corrected chi connectivity index (χ3v) is 5.53. The molecule has 2 amide bonds. The number of amides is 2. The van der Waals surface area contributed by atoms with Crippen molar-refractivity contribution >= 4 is 40.9 Å². The summed E-state index contributed by atoms with van der Waals surface area (Å²) in [6.07, 6.45) is -0.129. The summed E-state index contributed by atoms with van der Waals surface area (Å²) in [5.74, 6) is -0.281. The first-order chi connectivity index (χ1) is 15.0. The molecule has 0 unspecified atom stereocenters. The van der Waals surface area contributed by atoms with E-state index in [1.807, 2.05) is 32.0 Å². The highest BCUT2D eigenvalue weighted by molar-refractivity contribution is 8.01. The Bertz CT molecular complexity index is 965. The van der Waals surface area contributed by atoms with Gasteiger partial charge in [0.1, 0.15) is 0 Å². The number of rotatable bonds is 9. The average molecular weight is 445 g/mol. The van der Waals surface area contributed by atoms with E-state index in [0.29, 0.717) is 30.4 Å². The van der Waals surface area contributed by atoms with E-state index in [4.69, 9.17) is 14.2 Å². The second-order valence-electron chi connectivity index (χ2n) is 6.53. The Balaban J connectivity index is 1.50. The van der Waals surface area contributed by atoms with Crippen LogP contribution in [0.1, 0.15) is 20.3 Å². The van der Waals surface area contributed by atoms with Gasteiger partial charge in [-0.05, 0) is 38.1 Å². The number of para-hydroxylation sites is 1. The third-order valence-electron chi connectivity index (χ3n) is 4.25. The molecule has 1 heterocycles. The van der Waals surface area contributed by atoms with Crippen molar-refractivity contribution in [2.45, 2.75) is 30.4 Å². The molecule has 164 valence electrons. The number of fused-ring (bicyclic) bond motifs is 1. The van der Waals surface area contributed by atoms with Crippen molar-refractivity contribution in [1.82, 2.24) is 0 Å². The number of hydrogen-bond acceptors (Lipinski definition) is 7. The second-order valence-corrected chi connectivity index (χ2v) is 7.78. The maximum Gasteiger partial charge on any atom is 0.307 e. The van der Waals surface area contributed by atoms with Gasteiger partial charge in [-0.25, -0.2) is 0 Å². The fourth-order valence-electron chi connectivity index (χ4n) is 2.91. The van der Waals surface area contributed by atoms with Crippen LogP contribution in [0.4, 0.5) is 11.4 Å². The summed E-state index contributed by atoms with van der Waals surface area (Å²) >= 11 is 1.30. The van der Waals surface area contributed by atoms with Crippen LogP contribution in [0.2, 0.25) is 0 Å². The van der Waals surface area contributed by atoms with E-state index in [2.05, 4.69) is 10.6 Å². The highest BCUT2D eigenvalue weighted by Gasteiger charge is 2.29. The predicted octanol–water partition coefficient (Wildman–Crippen LogP) is 3.47. The standard InChI is InChI=1S/C22H24N2O6S/c1-3-28-16-10-9-14(11-17(16)29-4-2)23-20(25)13-30-21(26)12-19-22(27)24-15-7-5-6-8-18(15)31-19/h5-11,19H,3-4,12-13H2,1-2H3,(H,23,25)(H,24,27)/t19-/m0/s1. The van der Waals surface area contributed by atoms with Gasteiger partial charge in [-0.15, -0.1) is 11.8 Å². The Morgan fingerprint density at radius 3 is 2.58 bits per heavy atom. The quantitative estimate of drug-likeness (QED) is 0.571. The van der Waals surface area contributed by atoms with Gasteiger partial charge in [-0.2, -0.15) is 0 Å². The van der Waals surface area contributed by atoms with Gasteiger partial charge in [-0.1, -0.05) is 12.1 Å². The van der Waals surface area contributed by atoms with E-state index in [9.17, 15) is 14.4 Å². The number of esters is 1. The van der Waals surface area contributed by atoms with Crippen LogP contribution in [-0.2, 0) is 19.1 Å². The minimum absolute atomic E-state index is 0.129. The molecule has 1 aliphatic rings. The van der Waals surface area contributed by atoms with E-state index in [1.165, 1.54) is 11.8 Å². The smallest absolute Gasteiger partial charge is 0.307 e. The van der Waals surface area contributed by atoms with E-state index >= 15 is 0 Å². The van der Waals surface area contributed by atoms with Crippen molar-refractivity contribution in [3.63, 3.8) is 0 Å². The zero-order valence-electron chi connectivity index (χ0n) is 17.3. The molecule has 0 aliphatic carbocycles. The highest BCUT2D eigenvalue weighted by atomic mass is 32.2. The van der Waals surface area contributed by atoms with Crippen LogP contribution in [0.25, 0.3) is 0 Å². The van der Waals surface area contributed by atoms with Crippen LogP contribution in [0.15, 0.2) is 47.4 Å². The summed E-state index contributed by atoms with van der Waals surface area (Å²) in [4.78, 5) is 37.4. The molecule has 0 saturated carbocycles. The van der Waals surface area contributed by atoms with Gasteiger partial charge in [0.15, 0.2) is 18.1 Å². The number of benzene rings is 2. The molecule has 3 rings (SSSR count). The monoisotopic (exact) mass is 444 g/mol. The van der Waals surface area contributed by atoms with Crippen LogP contribution in [-0.4, -0.2) is 42.9 Å². The van der Waals surface area contributed by atoms with Gasteiger partial charge in [0, 0.05) is 16.6 Å². The zero-order chi connectivity index (χ0) is 22.2. The fourth-order valence-corrected chi connectivity index (χ4v) is 4.00. The lowest BCUT2D eigenvalue weighted by molar-refractivity contribution is -0.147. The lowest BCUT2D eigenvalue weighted by Crippen LogP contribution is -2.32. The molecule has 0 fully saturated rings. The summed E-state index contributed by atoms with van der Waals surface area (Å²) in [7, 11) is 0. The van der Waals surface area contributed by atoms with Gasteiger partial charge in [0.05, 0.1) is 30.6 Å². The maximum absolute atomic E-state index is 12.2. The molecule has 9 heteroatoms. The van der Waals surface area contributed by atoms with Crippen molar-refractivity contribution in [3.8, 4) is 11.5 Å². The number of nitrogens with one attached hydrogen (secondary N) is 2. The molecule has 0 aromatic heterocycles. The highest BCUT2D eigenvalue weighted by Crippen LogP contribution is 2.36. The maximum atomic E-state index is 12.2. The van der Waals surface area contributed by atoms with Gasteiger partial charge in [0.2, 0.25) is 5.91 Å². The lowest BCUT2D eigenvalue weighted by Gasteiger charge is -2.23. The minimum Gasteiger partial charge on any atom is -0.490 e. The molecule has 2 aromatic rings. The topological polar surface area (TPSA) is 103 Å². The number of anilines is 2. The Morgan fingerprint density at radius 1 is 1.06 bits per heavy atom. The van der Waals surface area contributed by atoms with E-state index in [0.717, 1.165) is 10.6 Å². The summed E-state index contributed by atoms with van der Waals surface area (Å²) in [5.41, 5.74) is 1.22. The Labute approximate surface area is 184 Å². The predicted molar refractivity (Wildman–Crippen MR) is 118 cm³/mol. The molecule has 2 N–H and O–H groups in total. The Hall–Kier alpha value is -3.20. The van der Waals surface area contributed by atoms with Gasteiger partial charge >= 0.3 is 5.97 Å². The molecular formula is C22H24N2O6S. The lowest BCUT2D eigenvalue weighted by atomic mass is 10.2. The van der Waals surface area contributed by atoms with Crippen LogP contribution in [0.3, 0.4) is 0 Å². The molecule has 1 atom stereocenters. The summed E-state index contributed by atoms with van der Waals surface area (Å²) in [6.45, 7) is 4.21. The average Bonchev–Trinajstić information content (AvgIpc) is 2.75. The third kappa shape index (κ3) is 6.14. The number of ether oxygens (including phenoxy) is 3. The zero-order valence-corrected chi connectivity index (χ0v) is 18.1. The van der Waals surface area contributed by atoms with Crippen molar-refractivity contribution in [2.24, 2.45) is 0 Å². The van der Waals surface area contributed by atoms with Crippen LogP contribution >= 0.6 is 11.8 Å². The SMILES string of the molecule is CCOc1ccc(NC(=O)COC(=O)C[C@@H]2Sc3ccccc3NC2=O)cc1OCC. The van der Waals surface area contributed by atoms with E-state index in [1.54, 1.807) is 24.3 Å². The first kappa shape index (κ1) is 22.5. The Kier molecular flexibility index (Phi) is 7.77. The molecule has 0 saturated heterocycles. The van der Waals surface area contributed by atoms with Crippen LogP contribution in [0.5, 0.6) is 11.5 Å². The van der Waals surface area contributed by atoms with Gasteiger partial charge in [-0.3, -0.25) is 14.4 Å². The second kappa shape index (κ2) is 10.7. The van der Waals surface area contributed by atoms with Crippen molar-refractivity contribution in [3.05, 3.63) is 42.5 Å². The molecular weight excluding hydrogens is 420 g/mol. The molecule has 8 nitrogen and oxygen atoms in total. The molecule has 2 aromatic carbocycles. The van der Waals surface area contributed by atoms with E-state index < -0.39 is 23.7 Å². The minimum atomic E-state index is -0.621. The first-order valence-corrected chi connectivity index (χ1v) is 10.8. The summed E-state index contributed by atoms with van der Waals surface area (Å²) in [5, 5.41) is 4.82. The summed E-state index contributed by atoms with van der Waals surface area (Å²) < 4.78 is 16.1. The molecule has 0 spiro atoms. The molecule has 31 heavy (non-hydrogen) atoms. The number of thioether (sulfide) groups is 1. The van der Waals surface area contributed by atoms with E-state index in [-0.39, 0.29) is 12.3 Å². The van der Waals surface area contributed by atoms with Gasteiger partial charge < -0.3 is 24.8 Å². The van der Waals surface area contributed by atoms with Crippen molar-refractivity contribution < 1.29 is 28.6 Å². The van der Waals surface area contributed by atoms with Gasteiger partial charge in [0.25, 0.3) is 5.91 Å².